The second kappa shape index (κ2) is 6.60. The van der Waals surface area contributed by atoms with E-state index >= 15 is 0 Å². The number of benzene rings is 1. The molecule has 0 spiro atoms. The highest BCUT2D eigenvalue weighted by Crippen LogP contribution is 2.59. The molecule has 0 heterocycles. The molecule has 3 saturated carbocycles. The largest absolute Gasteiger partial charge is 0.478 e. The van der Waals surface area contributed by atoms with Crippen LogP contribution in [0.4, 0.5) is 4.39 Å². The van der Waals surface area contributed by atoms with Crippen LogP contribution in [-0.4, -0.2) is 23.5 Å². The van der Waals surface area contributed by atoms with Crippen molar-refractivity contribution >= 4 is 5.97 Å². The quantitative estimate of drug-likeness (QED) is 0.770. The van der Waals surface area contributed by atoms with Crippen molar-refractivity contribution in [2.45, 2.75) is 57.8 Å². The van der Waals surface area contributed by atoms with E-state index in [0.717, 1.165) is 30.2 Å². The van der Waals surface area contributed by atoms with Gasteiger partial charge >= 0.3 is 5.97 Å². The molecule has 3 fully saturated rings. The van der Waals surface area contributed by atoms with Crippen molar-refractivity contribution in [2.24, 2.45) is 23.7 Å². The molecule has 0 saturated heterocycles. The highest BCUT2D eigenvalue weighted by molar-refractivity contribution is 5.88. The smallest absolute Gasteiger partial charge is 0.335 e. The predicted molar refractivity (Wildman–Crippen MR) is 90.0 cm³/mol. The number of fused-ring (bicyclic) bond motifs is 5. The van der Waals surface area contributed by atoms with Gasteiger partial charge in [0, 0.05) is 6.42 Å². The molecule has 0 aliphatic heterocycles. The maximum Gasteiger partial charge on any atom is 0.335 e. The van der Waals surface area contributed by atoms with Gasteiger partial charge in [-0.3, -0.25) is 0 Å². The van der Waals surface area contributed by atoms with Crippen molar-refractivity contribution in [3.8, 4) is 5.75 Å². The van der Waals surface area contributed by atoms with Gasteiger partial charge in [-0.05, 0) is 67.6 Å². The Labute approximate surface area is 147 Å². The maximum atomic E-state index is 14.0. The second-order valence-corrected chi connectivity index (χ2v) is 7.73. The normalized spacial score (nSPS) is 34.1. The van der Waals surface area contributed by atoms with Crippen LogP contribution in [0.3, 0.4) is 0 Å². The van der Waals surface area contributed by atoms with Crippen LogP contribution in [0.2, 0.25) is 0 Å². The van der Waals surface area contributed by atoms with E-state index in [0.29, 0.717) is 12.3 Å². The molecule has 0 amide bonds. The molecule has 0 radical (unpaired) electrons. The van der Waals surface area contributed by atoms with Gasteiger partial charge in [-0.25, -0.2) is 9.18 Å². The van der Waals surface area contributed by atoms with E-state index in [2.05, 4.69) is 0 Å². The topological polar surface area (TPSA) is 55.8 Å². The van der Waals surface area contributed by atoms with Gasteiger partial charge < -0.3 is 14.6 Å². The molecular formula is C20H25FO4. The van der Waals surface area contributed by atoms with Crippen LogP contribution < -0.4 is 4.74 Å². The van der Waals surface area contributed by atoms with E-state index in [9.17, 15) is 9.18 Å². The number of aromatic carboxylic acids is 1. The van der Waals surface area contributed by atoms with Crippen molar-refractivity contribution in [2.75, 3.05) is 0 Å². The summed E-state index contributed by atoms with van der Waals surface area (Å²) in [6.45, 7) is 1.94. The Morgan fingerprint density at radius 2 is 2.08 bits per heavy atom. The second-order valence-electron chi connectivity index (χ2n) is 7.73. The number of carboxylic acid groups (broad SMARTS) is 1. The summed E-state index contributed by atoms with van der Waals surface area (Å²) in [7, 11) is 0. The summed E-state index contributed by atoms with van der Waals surface area (Å²) in [5, 5.41) is 9.07. The van der Waals surface area contributed by atoms with Gasteiger partial charge in [0.15, 0.2) is 17.9 Å². The van der Waals surface area contributed by atoms with Crippen molar-refractivity contribution < 1.29 is 23.8 Å². The zero-order chi connectivity index (χ0) is 17.6. The van der Waals surface area contributed by atoms with Crippen LogP contribution in [0.5, 0.6) is 5.75 Å². The monoisotopic (exact) mass is 348 g/mol. The lowest BCUT2D eigenvalue weighted by atomic mass is 9.80. The molecule has 2 bridgehead atoms. The summed E-state index contributed by atoms with van der Waals surface area (Å²) in [4.78, 5) is 11.1. The first-order valence-corrected chi connectivity index (χ1v) is 9.41. The average molecular weight is 348 g/mol. The summed E-state index contributed by atoms with van der Waals surface area (Å²) in [5.41, 5.74) is 0.0139. The number of carboxylic acids is 1. The van der Waals surface area contributed by atoms with E-state index in [1.807, 2.05) is 6.92 Å². The zero-order valence-electron chi connectivity index (χ0n) is 14.5. The Kier molecular flexibility index (Phi) is 4.44. The Balaban J connectivity index is 1.44. The fourth-order valence-electron chi connectivity index (χ4n) is 5.43. The number of halogens is 1. The Bertz CT molecular complexity index is 661. The third-order valence-electron chi connectivity index (χ3n) is 6.46. The Hall–Kier alpha value is -1.62. The number of rotatable bonds is 6. The van der Waals surface area contributed by atoms with Gasteiger partial charge in [-0.1, -0.05) is 13.3 Å². The number of carbonyl (C=O) groups is 1. The van der Waals surface area contributed by atoms with Crippen LogP contribution in [0.15, 0.2) is 18.2 Å². The molecule has 6 atom stereocenters. The van der Waals surface area contributed by atoms with Gasteiger partial charge in [-0.15, -0.1) is 0 Å². The number of hydrogen-bond acceptors (Lipinski definition) is 3. The Morgan fingerprint density at radius 1 is 1.28 bits per heavy atom. The molecule has 136 valence electrons. The van der Waals surface area contributed by atoms with E-state index in [1.165, 1.54) is 37.8 Å². The molecule has 1 N–H and O–H groups in total. The van der Waals surface area contributed by atoms with Crippen molar-refractivity contribution in [3.05, 3.63) is 29.6 Å². The molecular weight excluding hydrogens is 323 g/mol. The number of ether oxygens (including phenoxy) is 2. The van der Waals surface area contributed by atoms with Crippen LogP contribution >= 0.6 is 0 Å². The third-order valence-corrected chi connectivity index (χ3v) is 6.46. The molecule has 6 unspecified atom stereocenters. The summed E-state index contributed by atoms with van der Waals surface area (Å²) in [6.07, 6.45) is 6.64. The standard InChI is InChI=1S/C20H25FO4/c1-2-19(25-18-9-11(20(22)23)6-7-16(18)21)24-17-10-12-8-15(17)14-5-3-4-13(12)14/h6-7,9,12-15,17,19H,2-5,8,10H2,1H3,(H,22,23). The van der Waals surface area contributed by atoms with Gasteiger partial charge in [0.2, 0.25) is 0 Å². The van der Waals surface area contributed by atoms with E-state index in [-0.39, 0.29) is 17.4 Å². The molecule has 4 rings (SSSR count). The van der Waals surface area contributed by atoms with E-state index < -0.39 is 18.1 Å². The minimum Gasteiger partial charge on any atom is -0.478 e. The highest BCUT2D eigenvalue weighted by Gasteiger charge is 2.54. The van der Waals surface area contributed by atoms with Crippen molar-refractivity contribution in [1.82, 2.24) is 0 Å². The SMILES string of the molecule is CCC(Oc1cc(C(=O)O)ccc1F)OC1CC2CC1C1CCCC21. The highest BCUT2D eigenvalue weighted by atomic mass is 19.1. The maximum absolute atomic E-state index is 14.0. The van der Waals surface area contributed by atoms with Crippen molar-refractivity contribution in [3.63, 3.8) is 0 Å². The molecule has 0 aromatic heterocycles. The molecule has 5 heteroatoms. The van der Waals surface area contributed by atoms with Gasteiger partial charge in [0.1, 0.15) is 0 Å². The molecule has 25 heavy (non-hydrogen) atoms. The number of hydrogen-bond donors (Lipinski definition) is 1. The van der Waals surface area contributed by atoms with Crippen LogP contribution in [-0.2, 0) is 4.74 Å². The van der Waals surface area contributed by atoms with Crippen molar-refractivity contribution in [1.29, 1.82) is 0 Å². The minimum atomic E-state index is -1.10. The first kappa shape index (κ1) is 16.8. The summed E-state index contributed by atoms with van der Waals surface area (Å²) in [5.74, 6) is 1.39. The minimum absolute atomic E-state index is 0.0139. The molecule has 1 aromatic carbocycles. The lowest BCUT2D eigenvalue weighted by Gasteiger charge is -2.33. The lowest BCUT2D eigenvalue weighted by Crippen LogP contribution is -2.35. The fraction of sp³-hybridized carbons (Fsp3) is 0.650. The zero-order valence-corrected chi connectivity index (χ0v) is 14.5. The van der Waals surface area contributed by atoms with Crippen LogP contribution in [0, 0.1) is 29.5 Å². The van der Waals surface area contributed by atoms with Gasteiger partial charge in [-0.2, -0.15) is 0 Å². The first-order chi connectivity index (χ1) is 12.1. The fourth-order valence-corrected chi connectivity index (χ4v) is 5.43. The average Bonchev–Trinajstić information content (AvgIpc) is 3.28. The lowest BCUT2D eigenvalue weighted by molar-refractivity contribution is -0.144. The summed E-state index contributed by atoms with van der Waals surface area (Å²) >= 11 is 0. The third kappa shape index (κ3) is 3.03. The molecule has 4 nitrogen and oxygen atoms in total. The predicted octanol–water partition coefficient (Wildman–Crippen LogP) is 4.48. The van der Waals surface area contributed by atoms with Gasteiger partial charge in [0.25, 0.3) is 0 Å². The van der Waals surface area contributed by atoms with Crippen LogP contribution in [0.25, 0.3) is 0 Å². The van der Waals surface area contributed by atoms with Gasteiger partial charge in [0.05, 0.1) is 11.7 Å². The summed E-state index contributed by atoms with van der Waals surface area (Å²) in [6, 6.07) is 3.60. The Morgan fingerprint density at radius 3 is 2.84 bits per heavy atom. The molecule has 3 aliphatic rings. The summed E-state index contributed by atoms with van der Waals surface area (Å²) < 4.78 is 25.9. The van der Waals surface area contributed by atoms with E-state index in [1.54, 1.807) is 0 Å². The molecule has 1 aromatic rings. The molecule has 3 aliphatic carbocycles. The first-order valence-electron chi connectivity index (χ1n) is 9.41. The van der Waals surface area contributed by atoms with Crippen LogP contribution in [0.1, 0.15) is 55.8 Å². The van der Waals surface area contributed by atoms with E-state index in [4.69, 9.17) is 14.6 Å².